The van der Waals surface area contributed by atoms with E-state index in [9.17, 15) is 4.79 Å². The number of benzene rings is 1. The quantitative estimate of drug-likeness (QED) is 0.771. The maximum atomic E-state index is 12.3. The molecule has 1 aliphatic rings. The number of rotatable bonds is 3. The zero-order valence-electron chi connectivity index (χ0n) is 11.6. The number of aromatic nitrogens is 4. The second kappa shape index (κ2) is 4.44. The van der Waals surface area contributed by atoms with E-state index in [1.165, 1.54) is 0 Å². The lowest BCUT2D eigenvalue weighted by atomic mass is 10.2. The van der Waals surface area contributed by atoms with Gasteiger partial charge in [0.1, 0.15) is 0 Å². The van der Waals surface area contributed by atoms with Crippen LogP contribution in [0.5, 0.6) is 0 Å². The number of carbonyl (C=O) groups is 1. The van der Waals surface area contributed by atoms with Crippen molar-refractivity contribution in [2.75, 3.05) is 5.32 Å². The summed E-state index contributed by atoms with van der Waals surface area (Å²) in [6, 6.07) is 5.74. The molecule has 2 heterocycles. The molecule has 0 saturated heterocycles. The number of fused-ring (bicyclic) bond motifs is 1. The molecule has 0 radical (unpaired) electrons. The third-order valence-corrected chi connectivity index (χ3v) is 3.99. The molecule has 0 aliphatic heterocycles. The van der Waals surface area contributed by atoms with Crippen molar-refractivity contribution in [1.29, 1.82) is 0 Å². The van der Waals surface area contributed by atoms with Gasteiger partial charge in [0, 0.05) is 30.2 Å². The Hall–Kier alpha value is -2.63. The molecule has 0 spiro atoms. The van der Waals surface area contributed by atoms with Crippen LogP contribution >= 0.6 is 0 Å². The number of anilines is 1. The standard InChI is InChI=1S/C15H15N5O/c1-20-8-10(7-17-20)12-5-13(12)15(21)18-11-2-3-14-9(4-11)6-16-19-14/h2-4,6-8,12-13H,5H2,1H3,(H,16,19)(H,18,21)/t12-,13+/m1/s1. The molecule has 2 aromatic heterocycles. The minimum absolute atomic E-state index is 0.0502. The largest absolute Gasteiger partial charge is 0.326 e. The summed E-state index contributed by atoms with van der Waals surface area (Å²) >= 11 is 0. The highest BCUT2D eigenvalue weighted by Crippen LogP contribution is 2.47. The van der Waals surface area contributed by atoms with Gasteiger partial charge in [0.2, 0.25) is 5.91 Å². The topological polar surface area (TPSA) is 75.6 Å². The van der Waals surface area contributed by atoms with Gasteiger partial charge in [0.25, 0.3) is 0 Å². The Morgan fingerprint density at radius 3 is 3.14 bits per heavy atom. The fraction of sp³-hybridized carbons (Fsp3) is 0.267. The van der Waals surface area contributed by atoms with Gasteiger partial charge in [0.05, 0.1) is 17.9 Å². The van der Waals surface area contributed by atoms with E-state index in [4.69, 9.17) is 0 Å². The second-order valence-corrected chi connectivity index (χ2v) is 5.56. The molecular formula is C15H15N5O. The average molecular weight is 281 g/mol. The minimum Gasteiger partial charge on any atom is -0.326 e. The van der Waals surface area contributed by atoms with Crippen LogP contribution in [0.2, 0.25) is 0 Å². The van der Waals surface area contributed by atoms with Crippen LogP contribution < -0.4 is 5.32 Å². The fourth-order valence-corrected chi connectivity index (χ4v) is 2.74. The number of H-pyrrole nitrogens is 1. The highest BCUT2D eigenvalue weighted by Gasteiger charge is 2.44. The van der Waals surface area contributed by atoms with Crippen molar-refractivity contribution in [3.63, 3.8) is 0 Å². The van der Waals surface area contributed by atoms with E-state index in [0.29, 0.717) is 5.92 Å². The lowest BCUT2D eigenvalue weighted by Gasteiger charge is -2.04. The molecule has 3 aromatic rings. The van der Waals surface area contributed by atoms with Crippen LogP contribution in [0.1, 0.15) is 17.9 Å². The Kier molecular flexibility index (Phi) is 2.57. The second-order valence-electron chi connectivity index (χ2n) is 5.56. The number of hydrogen-bond donors (Lipinski definition) is 2. The van der Waals surface area contributed by atoms with Crippen LogP contribution in [-0.4, -0.2) is 25.9 Å². The summed E-state index contributed by atoms with van der Waals surface area (Å²) in [7, 11) is 1.89. The van der Waals surface area contributed by atoms with E-state index in [1.54, 1.807) is 10.9 Å². The number of hydrogen-bond acceptors (Lipinski definition) is 3. The number of amides is 1. The first-order valence-corrected chi connectivity index (χ1v) is 6.93. The van der Waals surface area contributed by atoms with Crippen molar-refractivity contribution < 1.29 is 4.79 Å². The molecule has 0 unspecified atom stereocenters. The molecule has 6 heteroatoms. The Balaban J connectivity index is 1.46. The van der Waals surface area contributed by atoms with Crippen LogP contribution in [-0.2, 0) is 11.8 Å². The summed E-state index contributed by atoms with van der Waals surface area (Å²) < 4.78 is 1.77. The van der Waals surface area contributed by atoms with Gasteiger partial charge in [0.15, 0.2) is 0 Å². The summed E-state index contributed by atoms with van der Waals surface area (Å²) in [5, 5.41) is 15.0. The van der Waals surface area contributed by atoms with Crippen molar-refractivity contribution >= 4 is 22.5 Å². The number of carbonyl (C=O) groups excluding carboxylic acids is 1. The maximum absolute atomic E-state index is 12.3. The average Bonchev–Trinajstić information content (AvgIpc) is 2.93. The summed E-state index contributed by atoms with van der Waals surface area (Å²) in [5.41, 5.74) is 2.92. The minimum atomic E-state index is 0.0502. The van der Waals surface area contributed by atoms with Crippen molar-refractivity contribution in [1.82, 2.24) is 20.0 Å². The van der Waals surface area contributed by atoms with Crippen LogP contribution in [0.4, 0.5) is 5.69 Å². The van der Waals surface area contributed by atoms with Crippen molar-refractivity contribution in [2.24, 2.45) is 13.0 Å². The third kappa shape index (κ3) is 2.18. The predicted molar refractivity (Wildman–Crippen MR) is 78.8 cm³/mol. The van der Waals surface area contributed by atoms with Crippen molar-refractivity contribution in [2.45, 2.75) is 12.3 Å². The van der Waals surface area contributed by atoms with Crippen LogP contribution in [0.3, 0.4) is 0 Å². The molecule has 1 aromatic carbocycles. The van der Waals surface area contributed by atoms with E-state index in [-0.39, 0.29) is 11.8 Å². The first-order valence-electron chi connectivity index (χ1n) is 6.93. The summed E-state index contributed by atoms with van der Waals surface area (Å²) in [6.45, 7) is 0. The van der Waals surface area contributed by atoms with E-state index in [0.717, 1.165) is 28.6 Å². The van der Waals surface area contributed by atoms with Gasteiger partial charge in [-0.1, -0.05) is 0 Å². The van der Waals surface area contributed by atoms with E-state index in [1.807, 2.05) is 37.6 Å². The third-order valence-electron chi connectivity index (χ3n) is 3.99. The highest BCUT2D eigenvalue weighted by atomic mass is 16.2. The van der Waals surface area contributed by atoms with Crippen molar-refractivity contribution in [3.8, 4) is 0 Å². The Bertz CT molecular complexity index is 818. The van der Waals surface area contributed by atoms with Gasteiger partial charge in [-0.15, -0.1) is 0 Å². The molecule has 2 N–H and O–H groups in total. The summed E-state index contributed by atoms with van der Waals surface area (Å²) in [5.74, 6) is 0.428. The Labute approximate surface area is 121 Å². The first-order chi connectivity index (χ1) is 10.2. The van der Waals surface area contributed by atoms with Crippen LogP contribution in [0, 0.1) is 5.92 Å². The highest BCUT2D eigenvalue weighted by molar-refractivity contribution is 5.97. The number of nitrogens with one attached hydrogen (secondary N) is 2. The van der Waals surface area contributed by atoms with Crippen LogP contribution in [0.25, 0.3) is 10.9 Å². The molecule has 6 nitrogen and oxygen atoms in total. The Morgan fingerprint density at radius 1 is 1.43 bits per heavy atom. The maximum Gasteiger partial charge on any atom is 0.228 e. The molecular weight excluding hydrogens is 266 g/mol. The molecule has 0 bridgehead atoms. The van der Waals surface area contributed by atoms with Crippen LogP contribution in [0.15, 0.2) is 36.8 Å². The molecule has 1 saturated carbocycles. The van der Waals surface area contributed by atoms with E-state index >= 15 is 0 Å². The van der Waals surface area contributed by atoms with Gasteiger partial charge >= 0.3 is 0 Å². The number of nitrogens with zero attached hydrogens (tertiary/aromatic N) is 3. The summed E-state index contributed by atoms with van der Waals surface area (Å²) in [6.07, 6.45) is 6.47. The van der Waals surface area contributed by atoms with Gasteiger partial charge in [-0.3, -0.25) is 14.6 Å². The van der Waals surface area contributed by atoms with Gasteiger partial charge < -0.3 is 5.32 Å². The molecule has 1 fully saturated rings. The molecule has 1 aliphatic carbocycles. The Morgan fingerprint density at radius 2 is 2.33 bits per heavy atom. The first kappa shape index (κ1) is 12.1. The number of aryl methyl sites for hydroxylation is 1. The molecule has 2 atom stereocenters. The monoisotopic (exact) mass is 281 g/mol. The summed E-state index contributed by atoms with van der Waals surface area (Å²) in [4.78, 5) is 12.3. The molecule has 1 amide bonds. The van der Waals surface area contributed by atoms with E-state index in [2.05, 4.69) is 20.6 Å². The normalized spacial score (nSPS) is 20.6. The zero-order chi connectivity index (χ0) is 14.4. The van der Waals surface area contributed by atoms with E-state index < -0.39 is 0 Å². The zero-order valence-corrected chi connectivity index (χ0v) is 11.6. The molecule has 4 rings (SSSR count). The SMILES string of the molecule is Cn1cc([C@H]2C[C@@H]2C(=O)Nc2ccc3[nH]ncc3c2)cn1. The van der Waals surface area contributed by atoms with Gasteiger partial charge in [-0.05, 0) is 36.1 Å². The van der Waals surface area contributed by atoms with Crippen molar-refractivity contribution in [3.05, 3.63) is 42.4 Å². The van der Waals surface area contributed by atoms with Gasteiger partial charge in [-0.25, -0.2) is 0 Å². The molecule has 106 valence electrons. The molecule has 21 heavy (non-hydrogen) atoms. The predicted octanol–water partition coefficient (Wildman–Crippen LogP) is 2.04. The lowest BCUT2D eigenvalue weighted by molar-refractivity contribution is -0.117. The van der Waals surface area contributed by atoms with Gasteiger partial charge in [-0.2, -0.15) is 10.2 Å². The fourth-order valence-electron chi connectivity index (χ4n) is 2.74. The lowest BCUT2D eigenvalue weighted by Crippen LogP contribution is -2.14. The smallest absolute Gasteiger partial charge is 0.228 e. The number of aromatic amines is 1.